The Morgan fingerprint density at radius 2 is 1.41 bits per heavy atom. The van der Waals surface area contributed by atoms with Gasteiger partial charge in [-0.1, -0.05) is 32.9 Å². The second-order valence-electron chi connectivity index (χ2n) is 7.68. The maximum Gasteiger partial charge on any atom is 0.460 e. The highest BCUT2D eigenvalue weighted by Crippen LogP contribution is 2.49. The van der Waals surface area contributed by atoms with Crippen LogP contribution in [0.2, 0.25) is 18.1 Å². The van der Waals surface area contributed by atoms with Gasteiger partial charge in [-0.05, 0) is 42.0 Å². The van der Waals surface area contributed by atoms with Crippen molar-refractivity contribution in [2.75, 3.05) is 0 Å². The van der Waals surface area contributed by atoms with E-state index >= 15 is 0 Å². The minimum absolute atomic E-state index is 0.387. The number of thioether (sulfide) groups is 1. The van der Waals surface area contributed by atoms with E-state index in [2.05, 4.69) is 0 Å². The van der Waals surface area contributed by atoms with Gasteiger partial charge >= 0.3 is 24.0 Å². The Balaban J connectivity index is 3.21. The average Bonchev–Trinajstić information content (AvgIpc) is 2.52. The average molecular weight is 464 g/mol. The predicted molar refractivity (Wildman–Crippen MR) is 95.9 cm³/mol. The van der Waals surface area contributed by atoms with Gasteiger partial charge in [-0.15, -0.1) is 0 Å². The van der Waals surface area contributed by atoms with Gasteiger partial charge in [0, 0.05) is 4.90 Å². The summed E-state index contributed by atoms with van der Waals surface area (Å²) in [4.78, 5) is 23.6. The number of carbonyl (C=O) groups excluding carboxylic acids is 2. The molecule has 0 spiro atoms. The minimum Gasteiger partial charge on any atom is -0.516 e. The smallest absolute Gasteiger partial charge is 0.460 e. The monoisotopic (exact) mass is 464 g/mol. The zero-order valence-electron chi connectivity index (χ0n) is 16.1. The summed E-state index contributed by atoms with van der Waals surface area (Å²) in [5.41, 5.74) is -0.387. The molecule has 1 rings (SSSR count). The molecule has 0 aliphatic heterocycles. The molecule has 0 fully saturated rings. The highest BCUT2D eigenvalue weighted by Gasteiger charge is 2.76. The molecule has 0 atom stereocenters. The van der Waals surface area contributed by atoms with Gasteiger partial charge in [0.05, 0.1) is 5.56 Å². The van der Waals surface area contributed by atoms with E-state index in [0.717, 1.165) is 12.1 Å². The number of rotatable bonds is 5. The Kier molecular flexibility index (Phi) is 6.97. The van der Waals surface area contributed by atoms with Gasteiger partial charge in [0.2, 0.25) is 0 Å². The van der Waals surface area contributed by atoms with Gasteiger partial charge in [0.15, 0.2) is 0 Å². The molecule has 0 amide bonds. The molecule has 0 bridgehead atoms. The second kappa shape index (κ2) is 7.93. The molecule has 0 unspecified atom stereocenters. The molecule has 29 heavy (non-hydrogen) atoms. The van der Waals surface area contributed by atoms with Crippen LogP contribution in [-0.4, -0.2) is 37.4 Å². The quantitative estimate of drug-likeness (QED) is 0.291. The van der Waals surface area contributed by atoms with Gasteiger partial charge in [-0.25, -0.2) is 4.79 Å². The van der Waals surface area contributed by atoms with Crippen molar-refractivity contribution in [2.24, 2.45) is 0 Å². The molecule has 0 heterocycles. The van der Waals surface area contributed by atoms with Crippen LogP contribution in [-0.2, 0) is 9.22 Å². The van der Waals surface area contributed by atoms with Crippen LogP contribution < -0.4 is 0 Å². The molecule has 0 saturated heterocycles. The largest absolute Gasteiger partial charge is 0.516 e. The topological polar surface area (TPSA) is 43.4 Å². The number of hydrogen-bond acceptors (Lipinski definition) is 4. The van der Waals surface area contributed by atoms with E-state index in [9.17, 15) is 40.3 Å². The molecular weight excluding hydrogens is 445 g/mol. The fraction of sp³-hybridized carbons (Fsp3) is 0.529. The Morgan fingerprint density at radius 1 is 0.931 bits per heavy atom. The van der Waals surface area contributed by atoms with Crippen molar-refractivity contribution in [3.05, 3.63) is 29.8 Å². The summed E-state index contributed by atoms with van der Waals surface area (Å²) in [7, 11) is -2.67. The Labute approximate surface area is 168 Å². The fourth-order valence-corrected chi connectivity index (χ4v) is 3.38. The highest BCUT2D eigenvalue weighted by atomic mass is 32.2. The van der Waals surface area contributed by atoms with Crippen LogP contribution >= 0.6 is 11.8 Å². The maximum absolute atomic E-state index is 13.6. The molecule has 12 heteroatoms. The van der Waals surface area contributed by atoms with Gasteiger partial charge in [0.25, 0.3) is 13.4 Å². The molecule has 0 aliphatic carbocycles. The summed E-state index contributed by atoms with van der Waals surface area (Å²) >= 11 is -0.572. The SMILES string of the molecule is CC(C)(C)[Si](C)(C)OC(=O)c1ccccc1SC(=O)C(F)(F)C(F)(F)C(F)(F)F. The molecule has 0 radical (unpaired) electrons. The highest BCUT2D eigenvalue weighted by molar-refractivity contribution is 8.14. The first-order valence-electron chi connectivity index (χ1n) is 8.12. The molecule has 1 aromatic rings. The van der Waals surface area contributed by atoms with Crippen molar-refractivity contribution in [2.45, 2.75) is 61.8 Å². The third-order valence-corrected chi connectivity index (χ3v) is 9.80. The Hall–Kier alpha value is -1.56. The van der Waals surface area contributed by atoms with E-state index in [-0.39, 0.29) is 5.56 Å². The third-order valence-electron chi connectivity index (χ3n) is 4.47. The summed E-state index contributed by atoms with van der Waals surface area (Å²) in [6.07, 6.45) is -6.63. The fourth-order valence-electron chi connectivity index (χ4n) is 1.63. The van der Waals surface area contributed by atoms with Crippen LogP contribution in [0.15, 0.2) is 29.2 Å². The van der Waals surface area contributed by atoms with Crippen LogP contribution in [0.1, 0.15) is 31.1 Å². The van der Waals surface area contributed by atoms with E-state index in [1.807, 2.05) is 20.8 Å². The first-order valence-corrected chi connectivity index (χ1v) is 11.8. The van der Waals surface area contributed by atoms with E-state index in [1.165, 1.54) is 12.1 Å². The van der Waals surface area contributed by atoms with Crippen molar-refractivity contribution in [1.29, 1.82) is 0 Å². The Bertz CT molecular complexity index is 786. The number of alkyl halides is 7. The lowest BCUT2D eigenvalue weighted by Crippen LogP contribution is -2.55. The zero-order chi connectivity index (χ0) is 23.1. The van der Waals surface area contributed by atoms with Crippen molar-refractivity contribution in [3.63, 3.8) is 0 Å². The van der Waals surface area contributed by atoms with Gasteiger partial charge in [0.1, 0.15) is 0 Å². The summed E-state index contributed by atoms with van der Waals surface area (Å²) in [6, 6.07) is 4.59. The lowest BCUT2D eigenvalue weighted by atomic mass is 10.2. The van der Waals surface area contributed by atoms with Crippen LogP contribution in [0.5, 0.6) is 0 Å². The van der Waals surface area contributed by atoms with Crippen molar-refractivity contribution in [3.8, 4) is 0 Å². The van der Waals surface area contributed by atoms with Crippen LogP contribution in [0.25, 0.3) is 0 Å². The number of hydrogen-bond donors (Lipinski definition) is 0. The van der Waals surface area contributed by atoms with Crippen LogP contribution in [0.3, 0.4) is 0 Å². The molecule has 0 aliphatic rings. The van der Waals surface area contributed by atoms with Crippen LogP contribution in [0, 0.1) is 0 Å². The molecule has 3 nitrogen and oxygen atoms in total. The van der Waals surface area contributed by atoms with Crippen molar-refractivity contribution < 1.29 is 44.7 Å². The van der Waals surface area contributed by atoms with Crippen LogP contribution in [0.4, 0.5) is 30.7 Å². The summed E-state index contributed by atoms with van der Waals surface area (Å²) < 4.78 is 95.6. The molecule has 164 valence electrons. The Morgan fingerprint density at radius 3 is 1.86 bits per heavy atom. The van der Waals surface area contributed by atoms with Crippen molar-refractivity contribution >= 4 is 31.2 Å². The number of halogens is 7. The maximum atomic E-state index is 13.6. The van der Waals surface area contributed by atoms with E-state index in [4.69, 9.17) is 4.43 Å². The lowest BCUT2D eigenvalue weighted by molar-refractivity contribution is -0.341. The van der Waals surface area contributed by atoms with Gasteiger partial charge in [-0.3, -0.25) is 4.79 Å². The lowest BCUT2D eigenvalue weighted by Gasteiger charge is -2.35. The first-order chi connectivity index (χ1) is 12.8. The van der Waals surface area contributed by atoms with Crippen molar-refractivity contribution in [1.82, 2.24) is 0 Å². The first kappa shape index (κ1) is 25.5. The number of benzene rings is 1. The second-order valence-corrected chi connectivity index (χ2v) is 13.4. The molecule has 0 saturated carbocycles. The molecule has 1 aromatic carbocycles. The summed E-state index contributed by atoms with van der Waals surface area (Å²) in [5.74, 6) is -13.6. The molecular formula is C17H19F7O3SSi. The zero-order valence-corrected chi connectivity index (χ0v) is 17.9. The number of carbonyl (C=O) groups is 2. The van der Waals surface area contributed by atoms with Gasteiger partial charge in [-0.2, -0.15) is 30.7 Å². The minimum atomic E-state index is -6.63. The summed E-state index contributed by atoms with van der Waals surface area (Å²) in [5, 5.41) is -3.16. The summed E-state index contributed by atoms with van der Waals surface area (Å²) in [6.45, 7) is 8.87. The predicted octanol–water partition coefficient (Wildman–Crippen LogP) is 6.30. The molecule has 0 aromatic heterocycles. The van der Waals surface area contributed by atoms with E-state index in [1.54, 1.807) is 13.1 Å². The third kappa shape index (κ3) is 5.14. The molecule has 0 N–H and O–H groups in total. The van der Waals surface area contributed by atoms with E-state index in [0.29, 0.717) is 0 Å². The standard InChI is InChI=1S/C17H19F7O3SSi/c1-14(2,3)29(4,5)27-12(25)10-8-6-7-9-11(10)28-13(26)15(18,19)16(20,21)17(22,23)24/h6-9H,1-5H3. The van der Waals surface area contributed by atoms with Gasteiger partial charge < -0.3 is 4.43 Å². The normalized spacial score (nSPS) is 13.9. The van der Waals surface area contributed by atoms with E-state index < -0.39 is 59.1 Å².